The Morgan fingerprint density at radius 3 is 1.74 bits per heavy atom. The zero-order valence-corrected chi connectivity index (χ0v) is 62.1. The molecule has 107 heavy (non-hydrogen) atoms. The second-order valence-electron chi connectivity index (χ2n) is 25.5. The highest BCUT2D eigenvalue weighted by atomic mass is 16.6. The summed E-state index contributed by atoms with van der Waals surface area (Å²) in [4.78, 5) is 124. The standard InChI is InChI=1S/C75H103N9O23/c1-50(2)69(81-66(86)20-26-97-28-30-99-32-34-101-36-38-103-40-41-104-39-37-102-35-33-100-31-29-98-27-22-77-65(85)19-23-82-67(87)17-18-68(82)88)72(91)79-53(5)70(89)80-55-15-13-54(14-16-55)49-107-75(94)84-59-46-64(62(96-7)44-57(59)73(92)83-48-52(4)42-60(83)74(84)93)106-25-10-8-9-24-105-63-45-58-56(43-61(63)95-6)71(90)78-47-51(3)12-11-21-76-58/h13-18,21,43-48,50,53,60,69,74,93H,8-12,19-20,22-42,49H2,1-7H3,(H,77,85)(H,78,90)(H,79,91)(H,80,89)(H,81,86)/b51-47-,76-21-/t53-,60-,69-,74-/m0/s1. The molecule has 586 valence electrons. The molecule has 6 N–H and O–H groups in total. The quantitative estimate of drug-likeness (QED) is 0.0296. The maximum atomic E-state index is 14.3. The maximum Gasteiger partial charge on any atom is 0.416 e. The largest absolute Gasteiger partial charge is 0.493 e. The van der Waals surface area contributed by atoms with E-state index in [2.05, 4.69) is 31.6 Å². The third-order valence-electron chi connectivity index (χ3n) is 16.9. The maximum absolute atomic E-state index is 14.3. The number of nitrogens with zero attached hydrogens (tertiary/aromatic N) is 4. The van der Waals surface area contributed by atoms with E-state index in [0.29, 0.717) is 165 Å². The summed E-state index contributed by atoms with van der Waals surface area (Å²) in [5.41, 5.74) is 3.72. The van der Waals surface area contributed by atoms with E-state index in [4.69, 9.17) is 61.6 Å². The highest BCUT2D eigenvalue weighted by Crippen LogP contribution is 2.42. The molecule has 0 fully saturated rings. The van der Waals surface area contributed by atoms with Gasteiger partial charge in [-0.15, -0.1) is 0 Å². The van der Waals surface area contributed by atoms with Crippen molar-refractivity contribution < 1.29 is 110 Å². The number of hydrogen-bond donors (Lipinski definition) is 6. The van der Waals surface area contributed by atoms with Crippen molar-refractivity contribution >= 4 is 76.6 Å². The van der Waals surface area contributed by atoms with Gasteiger partial charge in [0.2, 0.25) is 23.6 Å². The zero-order chi connectivity index (χ0) is 76.9. The van der Waals surface area contributed by atoms with Gasteiger partial charge in [-0.25, -0.2) is 9.69 Å². The summed E-state index contributed by atoms with van der Waals surface area (Å²) >= 11 is 0. The Morgan fingerprint density at radius 1 is 0.617 bits per heavy atom. The van der Waals surface area contributed by atoms with Gasteiger partial charge in [-0.1, -0.05) is 37.1 Å². The van der Waals surface area contributed by atoms with Crippen LogP contribution in [0.25, 0.3) is 0 Å². The van der Waals surface area contributed by atoms with Gasteiger partial charge in [0.1, 0.15) is 18.7 Å². The van der Waals surface area contributed by atoms with Crippen LogP contribution in [0.2, 0.25) is 0 Å². The summed E-state index contributed by atoms with van der Waals surface area (Å²) in [7, 11) is 2.94. The second kappa shape index (κ2) is 46.0. The first-order valence-electron chi connectivity index (χ1n) is 36.0. The normalized spacial score (nSPS) is 16.8. The number of anilines is 2. The number of fused-ring (bicyclic) bond motifs is 3. The van der Waals surface area contributed by atoms with Crippen LogP contribution in [0.15, 0.2) is 89.2 Å². The van der Waals surface area contributed by atoms with Crippen molar-refractivity contribution in [3.05, 3.63) is 101 Å². The minimum atomic E-state index is -1.53. The van der Waals surface area contributed by atoms with Crippen LogP contribution in [-0.2, 0) is 78.0 Å². The Balaban J connectivity index is 0.719. The summed E-state index contributed by atoms with van der Waals surface area (Å²) < 4.78 is 73.5. The van der Waals surface area contributed by atoms with Gasteiger partial charge in [0.25, 0.3) is 23.6 Å². The predicted octanol–water partition coefficient (Wildman–Crippen LogP) is 5.59. The first-order chi connectivity index (χ1) is 51.8. The van der Waals surface area contributed by atoms with Gasteiger partial charge >= 0.3 is 6.09 Å². The number of amides is 9. The molecular weight excluding hydrogens is 1390 g/mol. The van der Waals surface area contributed by atoms with Gasteiger partial charge in [-0.2, -0.15) is 0 Å². The fourth-order valence-electron chi connectivity index (χ4n) is 11.1. The van der Waals surface area contributed by atoms with Crippen LogP contribution in [0.4, 0.5) is 21.9 Å². The Morgan fingerprint density at radius 2 is 1.17 bits per heavy atom. The number of aliphatic hydroxyl groups excluding tert-OH is 1. The summed E-state index contributed by atoms with van der Waals surface area (Å²) in [5, 5.41) is 25.7. The summed E-state index contributed by atoms with van der Waals surface area (Å²) in [6.07, 6.45) is 8.71. The highest BCUT2D eigenvalue weighted by molar-refractivity contribution is 6.13. The number of hydrogen-bond acceptors (Lipinski definition) is 24. The smallest absolute Gasteiger partial charge is 0.416 e. The summed E-state index contributed by atoms with van der Waals surface area (Å²) in [6.45, 7) is 14.9. The van der Waals surface area contributed by atoms with Crippen molar-refractivity contribution in [2.75, 3.05) is 156 Å². The monoisotopic (exact) mass is 1500 g/mol. The molecular formula is C75H103N9O23. The van der Waals surface area contributed by atoms with Crippen LogP contribution in [-0.4, -0.2) is 245 Å². The van der Waals surface area contributed by atoms with Gasteiger partial charge in [0.15, 0.2) is 29.2 Å². The third-order valence-corrected chi connectivity index (χ3v) is 16.9. The molecule has 0 unspecified atom stereocenters. The molecule has 7 rings (SSSR count). The van der Waals surface area contributed by atoms with Gasteiger partial charge in [0.05, 0.1) is 162 Å². The Labute approximate surface area is 623 Å². The molecule has 3 aromatic carbocycles. The molecule has 32 nitrogen and oxygen atoms in total. The molecule has 4 heterocycles. The molecule has 4 atom stereocenters. The van der Waals surface area contributed by atoms with Gasteiger partial charge in [-0.3, -0.25) is 48.2 Å². The topological polar surface area (TPSA) is 376 Å². The number of ether oxygens (including phenoxy) is 13. The van der Waals surface area contributed by atoms with Crippen molar-refractivity contribution in [3.8, 4) is 23.0 Å². The lowest BCUT2D eigenvalue weighted by molar-refractivity contribution is -0.137. The van der Waals surface area contributed by atoms with Crippen LogP contribution in [0.3, 0.4) is 0 Å². The molecule has 0 spiro atoms. The molecule has 32 heteroatoms. The van der Waals surface area contributed by atoms with E-state index >= 15 is 0 Å². The minimum absolute atomic E-state index is 0.0154. The van der Waals surface area contributed by atoms with Crippen molar-refractivity contribution in [2.24, 2.45) is 10.9 Å². The third kappa shape index (κ3) is 28.0. The van der Waals surface area contributed by atoms with Crippen molar-refractivity contribution in [1.82, 2.24) is 31.1 Å². The highest BCUT2D eigenvalue weighted by Gasteiger charge is 2.45. The first kappa shape index (κ1) is 84.9. The van der Waals surface area contributed by atoms with Crippen LogP contribution in [0.5, 0.6) is 23.0 Å². The Bertz CT molecular complexity index is 3550. The van der Waals surface area contributed by atoms with E-state index in [1.54, 1.807) is 68.9 Å². The first-order valence-corrected chi connectivity index (χ1v) is 36.0. The number of benzene rings is 3. The van der Waals surface area contributed by atoms with Crippen LogP contribution >= 0.6 is 0 Å². The molecule has 0 aromatic heterocycles. The average molecular weight is 1500 g/mol. The van der Waals surface area contributed by atoms with E-state index in [-0.39, 0.29) is 92.9 Å². The number of allylic oxidation sites excluding steroid dienone is 1. The minimum Gasteiger partial charge on any atom is -0.493 e. The molecule has 4 aliphatic rings. The number of aliphatic imine (C=N–C) groups is 1. The molecule has 0 radical (unpaired) electrons. The van der Waals surface area contributed by atoms with Crippen molar-refractivity contribution in [3.63, 3.8) is 0 Å². The number of carbonyl (C=O) groups excluding carboxylic acids is 9. The summed E-state index contributed by atoms with van der Waals surface area (Å²) in [6, 6.07) is 9.98. The SMILES string of the molecule is COc1cc2c(cc1OCCCCCOc1cc3c(cc1OC)C(=O)N1C=C(C)C[C@H]1[C@H](O)N3C(=O)OCc1ccc(NC(=O)[C@H](C)NC(=O)[C@@H](NC(=O)CCOCCOCCOCCOCCOCCOCCOCCOCCNC(=O)CCN3C(=O)C=CC3=O)C(C)C)cc1)/N=C\CC/C(C)=C\NC2=O. The lowest BCUT2D eigenvalue weighted by Gasteiger charge is -2.31. The molecule has 0 aliphatic carbocycles. The number of methoxy groups -OCH3 is 2. The predicted molar refractivity (Wildman–Crippen MR) is 391 cm³/mol. The zero-order valence-electron chi connectivity index (χ0n) is 62.1. The lowest BCUT2D eigenvalue weighted by atomic mass is 10.0. The number of unbranched alkanes of at least 4 members (excludes halogenated alkanes) is 2. The molecule has 3 aromatic rings. The Kier molecular flexibility index (Phi) is 36.5. The van der Waals surface area contributed by atoms with E-state index in [0.717, 1.165) is 27.4 Å². The van der Waals surface area contributed by atoms with Crippen LogP contribution < -0.4 is 50.4 Å². The lowest BCUT2D eigenvalue weighted by Crippen LogP contribution is -2.53. The van der Waals surface area contributed by atoms with Gasteiger partial charge in [-0.05, 0) is 95.0 Å². The fourth-order valence-corrected chi connectivity index (χ4v) is 11.1. The Hall–Kier alpha value is -9.38. The number of imide groups is 1. The van der Waals surface area contributed by atoms with E-state index in [1.807, 2.05) is 13.8 Å². The number of carbonyl (C=O) groups is 9. The van der Waals surface area contributed by atoms with Crippen molar-refractivity contribution in [2.45, 2.75) is 117 Å². The number of rotatable bonds is 48. The second-order valence-corrected chi connectivity index (χ2v) is 25.5. The fraction of sp³-hybridized carbons (Fsp3) is 0.547. The van der Waals surface area contributed by atoms with E-state index in [9.17, 15) is 48.3 Å². The molecule has 4 aliphatic heterocycles. The van der Waals surface area contributed by atoms with Gasteiger partial charge in [0, 0.05) is 74.5 Å². The molecule has 9 amide bonds. The van der Waals surface area contributed by atoms with Crippen molar-refractivity contribution in [1.29, 1.82) is 0 Å². The number of nitrogens with one attached hydrogen (secondary N) is 5. The van der Waals surface area contributed by atoms with E-state index < -0.39 is 65.9 Å². The molecule has 0 saturated heterocycles. The van der Waals surface area contributed by atoms with E-state index in [1.165, 1.54) is 50.3 Å². The van der Waals surface area contributed by atoms with Crippen LogP contribution in [0, 0.1) is 5.92 Å². The van der Waals surface area contributed by atoms with Crippen LogP contribution in [0.1, 0.15) is 112 Å². The average Bonchev–Trinajstić information content (AvgIpc) is 1.62. The number of aliphatic hydroxyl groups is 1. The molecule has 0 bridgehead atoms. The summed E-state index contributed by atoms with van der Waals surface area (Å²) in [5.74, 6) is -2.39. The molecule has 0 saturated carbocycles. The van der Waals surface area contributed by atoms with Gasteiger partial charge < -0.3 is 98.2 Å².